The Labute approximate surface area is 92.7 Å². The molecule has 0 aliphatic rings. The van der Waals surface area contributed by atoms with E-state index in [0.29, 0.717) is 11.8 Å². The molecule has 0 radical (unpaired) electrons. The molecule has 1 rings (SSSR count). The van der Waals surface area contributed by atoms with E-state index in [0.717, 1.165) is 12.1 Å². The molecular weight excluding hydrogens is 186 g/mol. The molecule has 86 valence electrons. The Bertz CT molecular complexity index is 305. The molecule has 0 aromatic carbocycles. The number of aryl methyl sites for hydroxylation is 2. The molecule has 1 aromatic rings. The van der Waals surface area contributed by atoms with E-state index in [1.807, 2.05) is 18.7 Å². The molecule has 0 saturated heterocycles. The molecule has 2 N–H and O–H groups in total. The summed E-state index contributed by atoms with van der Waals surface area (Å²) in [4.78, 5) is 0. The minimum absolute atomic E-state index is 0.236. The van der Waals surface area contributed by atoms with Gasteiger partial charge in [0.1, 0.15) is 0 Å². The number of rotatable bonds is 4. The second kappa shape index (κ2) is 4.79. The van der Waals surface area contributed by atoms with Crippen LogP contribution < -0.4 is 5.73 Å². The normalized spacial score (nSPS) is 15.7. The first-order valence-electron chi connectivity index (χ1n) is 5.67. The maximum absolute atomic E-state index is 6.01. The Kier molecular flexibility index (Phi) is 3.91. The topological polar surface area (TPSA) is 43.8 Å². The van der Waals surface area contributed by atoms with Crippen LogP contribution >= 0.6 is 0 Å². The Morgan fingerprint density at radius 3 is 2.33 bits per heavy atom. The van der Waals surface area contributed by atoms with E-state index in [9.17, 15) is 0 Å². The zero-order valence-electron chi connectivity index (χ0n) is 10.5. The van der Waals surface area contributed by atoms with E-state index >= 15 is 0 Å². The predicted molar refractivity (Wildman–Crippen MR) is 63.6 cm³/mol. The lowest BCUT2D eigenvalue weighted by atomic mass is 9.86. The van der Waals surface area contributed by atoms with Crippen molar-refractivity contribution in [3.63, 3.8) is 0 Å². The molecule has 0 aliphatic heterocycles. The fourth-order valence-corrected chi connectivity index (χ4v) is 2.13. The third-order valence-electron chi connectivity index (χ3n) is 3.08. The van der Waals surface area contributed by atoms with E-state index < -0.39 is 0 Å². The molecule has 1 heterocycles. The van der Waals surface area contributed by atoms with Crippen LogP contribution in [0.2, 0.25) is 0 Å². The third-order valence-corrected chi connectivity index (χ3v) is 3.08. The first-order chi connectivity index (χ1) is 6.91. The van der Waals surface area contributed by atoms with Gasteiger partial charge in [0.2, 0.25) is 0 Å². The summed E-state index contributed by atoms with van der Waals surface area (Å²) in [7, 11) is 2.00. The summed E-state index contributed by atoms with van der Waals surface area (Å²) in [5.74, 6) is 1.14. The van der Waals surface area contributed by atoms with Gasteiger partial charge < -0.3 is 5.73 Å². The van der Waals surface area contributed by atoms with E-state index in [-0.39, 0.29) is 6.04 Å². The smallest absolute Gasteiger partial charge is 0.0596 e. The van der Waals surface area contributed by atoms with Crippen molar-refractivity contribution in [3.05, 3.63) is 17.5 Å². The first kappa shape index (κ1) is 12.2. The van der Waals surface area contributed by atoms with Crippen LogP contribution in [0, 0.1) is 18.8 Å². The van der Waals surface area contributed by atoms with Gasteiger partial charge in [0.15, 0.2) is 0 Å². The number of hydrogen-bond donors (Lipinski definition) is 1. The summed E-state index contributed by atoms with van der Waals surface area (Å²) in [6.45, 7) is 8.59. The number of nitrogens with two attached hydrogens (primary N) is 1. The molecule has 2 unspecified atom stereocenters. The Morgan fingerprint density at radius 1 is 1.40 bits per heavy atom. The summed E-state index contributed by atoms with van der Waals surface area (Å²) >= 11 is 0. The van der Waals surface area contributed by atoms with Gasteiger partial charge in [0.05, 0.1) is 5.69 Å². The van der Waals surface area contributed by atoms with Crippen molar-refractivity contribution in [1.82, 2.24) is 9.78 Å². The van der Waals surface area contributed by atoms with Crippen molar-refractivity contribution in [1.29, 1.82) is 0 Å². The Hall–Kier alpha value is -0.830. The molecular formula is C12H23N3. The average Bonchev–Trinajstić information content (AvgIpc) is 2.39. The lowest BCUT2D eigenvalue weighted by molar-refractivity contribution is 0.324. The van der Waals surface area contributed by atoms with Crippen LogP contribution in [-0.2, 0) is 13.5 Å². The summed E-state index contributed by atoms with van der Waals surface area (Å²) < 4.78 is 1.97. The van der Waals surface area contributed by atoms with Crippen molar-refractivity contribution >= 4 is 0 Å². The predicted octanol–water partition coefficient (Wildman–Crippen LogP) is 1.89. The van der Waals surface area contributed by atoms with Gasteiger partial charge in [-0.3, -0.25) is 4.68 Å². The monoisotopic (exact) mass is 209 g/mol. The second-order valence-electron chi connectivity index (χ2n) is 4.87. The minimum Gasteiger partial charge on any atom is -0.328 e. The highest BCUT2D eigenvalue weighted by molar-refractivity contribution is 5.09. The van der Waals surface area contributed by atoms with Gasteiger partial charge >= 0.3 is 0 Å². The van der Waals surface area contributed by atoms with Crippen LogP contribution in [0.1, 0.15) is 32.2 Å². The van der Waals surface area contributed by atoms with Gasteiger partial charge in [-0.15, -0.1) is 0 Å². The Morgan fingerprint density at radius 2 is 2.00 bits per heavy atom. The highest BCUT2D eigenvalue weighted by Gasteiger charge is 2.19. The largest absolute Gasteiger partial charge is 0.328 e. The molecule has 0 spiro atoms. The lowest BCUT2D eigenvalue weighted by Gasteiger charge is -2.24. The number of aromatic nitrogens is 2. The molecule has 3 heteroatoms. The molecule has 1 aromatic heterocycles. The van der Waals surface area contributed by atoms with Gasteiger partial charge in [0.25, 0.3) is 0 Å². The van der Waals surface area contributed by atoms with Crippen molar-refractivity contribution < 1.29 is 0 Å². The first-order valence-corrected chi connectivity index (χ1v) is 5.67. The molecule has 0 amide bonds. The van der Waals surface area contributed by atoms with Gasteiger partial charge in [-0.1, -0.05) is 13.8 Å². The van der Waals surface area contributed by atoms with Crippen molar-refractivity contribution in [2.45, 2.75) is 40.2 Å². The molecule has 0 bridgehead atoms. The summed E-state index contributed by atoms with van der Waals surface area (Å²) in [6, 6.07) is 2.39. The van der Waals surface area contributed by atoms with Gasteiger partial charge in [-0.25, -0.2) is 0 Å². The number of hydrogen-bond acceptors (Lipinski definition) is 2. The third kappa shape index (κ3) is 3.06. The van der Waals surface area contributed by atoms with E-state index in [4.69, 9.17) is 5.73 Å². The highest BCUT2D eigenvalue weighted by Crippen LogP contribution is 2.20. The fourth-order valence-electron chi connectivity index (χ4n) is 2.13. The standard InChI is InChI=1S/C12H23N3/c1-8(2)12(10(4)13)7-11-6-9(3)14-15(11)5/h6,8,10,12H,7,13H2,1-5H3. The molecule has 0 aliphatic carbocycles. The van der Waals surface area contributed by atoms with Crippen LogP contribution in [0.4, 0.5) is 0 Å². The Balaban J connectivity index is 2.78. The fraction of sp³-hybridized carbons (Fsp3) is 0.750. The van der Waals surface area contributed by atoms with Crippen LogP contribution in [0.15, 0.2) is 6.07 Å². The van der Waals surface area contributed by atoms with Gasteiger partial charge in [-0.2, -0.15) is 5.10 Å². The van der Waals surface area contributed by atoms with Crippen LogP contribution in [0.3, 0.4) is 0 Å². The number of nitrogens with zero attached hydrogens (tertiary/aromatic N) is 2. The molecule has 2 atom stereocenters. The maximum Gasteiger partial charge on any atom is 0.0596 e. The van der Waals surface area contributed by atoms with Crippen molar-refractivity contribution in [2.75, 3.05) is 0 Å². The zero-order chi connectivity index (χ0) is 11.6. The molecule has 0 fully saturated rings. The summed E-state index contributed by atoms with van der Waals surface area (Å²) in [5.41, 5.74) is 8.38. The maximum atomic E-state index is 6.01. The van der Waals surface area contributed by atoms with Crippen LogP contribution in [-0.4, -0.2) is 15.8 Å². The second-order valence-corrected chi connectivity index (χ2v) is 4.87. The highest BCUT2D eigenvalue weighted by atomic mass is 15.3. The van der Waals surface area contributed by atoms with E-state index in [2.05, 4.69) is 31.9 Å². The summed E-state index contributed by atoms with van der Waals surface area (Å²) in [5, 5.41) is 4.36. The lowest BCUT2D eigenvalue weighted by Crippen LogP contribution is -2.32. The molecule has 15 heavy (non-hydrogen) atoms. The van der Waals surface area contributed by atoms with E-state index in [1.54, 1.807) is 0 Å². The van der Waals surface area contributed by atoms with Crippen molar-refractivity contribution in [3.8, 4) is 0 Å². The van der Waals surface area contributed by atoms with Gasteiger partial charge in [-0.05, 0) is 38.2 Å². The van der Waals surface area contributed by atoms with E-state index in [1.165, 1.54) is 5.69 Å². The van der Waals surface area contributed by atoms with Gasteiger partial charge in [0, 0.05) is 18.8 Å². The van der Waals surface area contributed by atoms with Crippen LogP contribution in [0.25, 0.3) is 0 Å². The molecule has 3 nitrogen and oxygen atoms in total. The SMILES string of the molecule is Cc1cc(CC(C(C)C)C(C)N)n(C)n1. The molecule has 0 saturated carbocycles. The van der Waals surface area contributed by atoms with Crippen molar-refractivity contribution in [2.24, 2.45) is 24.6 Å². The average molecular weight is 209 g/mol. The van der Waals surface area contributed by atoms with Crippen LogP contribution in [0.5, 0.6) is 0 Å². The summed E-state index contributed by atoms with van der Waals surface area (Å²) in [6.07, 6.45) is 1.02. The zero-order valence-corrected chi connectivity index (χ0v) is 10.5. The quantitative estimate of drug-likeness (QED) is 0.823. The minimum atomic E-state index is 0.236.